The lowest BCUT2D eigenvalue weighted by molar-refractivity contribution is -0.384. The van der Waals surface area contributed by atoms with Crippen LogP contribution in [0.25, 0.3) is 17.4 Å². The number of non-ortho nitro benzene ring substituents is 1. The van der Waals surface area contributed by atoms with Gasteiger partial charge in [0.2, 0.25) is 5.91 Å². The predicted octanol–water partition coefficient (Wildman–Crippen LogP) is 5.03. The summed E-state index contributed by atoms with van der Waals surface area (Å²) in [4.78, 5) is 22.3. The van der Waals surface area contributed by atoms with Crippen LogP contribution in [0, 0.1) is 10.1 Å². The van der Waals surface area contributed by atoms with Gasteiger partial charge in [0.25, 0.3) is 5.69 Å². The lowest BCUT2D eigenvalue weighted by atomic mass is 10.2. The summed E-state index contributed by atoms with van der Waals surface area (Å²) in [6, 6.07) is 17.0. The molecule has 3 aromatic rings. The number of nitro benzene ring substituents is 1. The molecule has 0 aliphatic carbocycles. The van der Waals surface area contributed by atoms with Crippen LogP contribution in [0.3, 0.4) is 0 Å². The average molecular weight is 428 g/mol. The molecule has 2 N–H and O–H groups in total. The van der Waals surface area contributed by atoms with Crippen LogP contribution in [-0.2, 0) is 4.79 Å². The first kappa shape index (κ1) is 20.2. The normalized spacial score (nSPS) is 10.7. The molecule has 0 fully saturated rings. The van der Waals surface area contributed by atoms with E-state index in [2.05, 4.69) is 10.6 Å². The highest BCUT2D eigenvalue weighted by atomic mass is 35.5. The van der Waals surface area contributed by atoms with Gasteiger partial charge in [-0.05, 0) is 36.5 Å². The number of furan rings is 1. The highest BCUT2D eigenvalue weighted by Gasteiger charge is 2.11. The van der Waals surface area contributed by atoms with Gasteiger partial charge in [-0.15, -0.1) is 0 Å². The predicted molar refractivity (Wildman–Crippen MR) is 116 cm³/mol. The Morgan fingerprint density at radius 1 is 1.14 bits per heavy atom. The van der Waals surface area contributed by atoms with Gasteiger partial charge in [-0.25, -0.2) is 0 Å². The van der Waals surface area contributed by atoms with Crippen molar-refractivity contribution < 1.29 is 14.1 Å². The zero-order valence-corrected chi connectivity index (χ0v) is 16.4. The van der Waals surface area contributed by atoms with Crippen LogP contribution in [0.5, 0.6) is 0 Å². The Hall–Kier alpha value is -3.49. The van der Waals surface area contributed by atoms with Crippen LogP contribution in [0.15, 0.2) is 71.2 Å². The maximum absolute atomic E-state index is 12.0. The standard InChI is InChI=1S/C20H14ClN3O4S/c21-16-9-6-14(24(26)27)12-17(16)22-20(29)23-19(25)11-8-15-7-10-18(28-15)13-4-2-1-3-5-13/h1-12H,(H2,22,23,25,29)/b11-8+. The zero-order chi connectivity index (χ0) is 20.8. The summed E-state index contributed by atoms with van der Waals surface area (Å²) in [7, 11) is 0. The van der Waals surface area contributed by atoms with Crippen molar-refractivity contribution in [1.82, 2.24) is 5.32 Å². The van der Waals surface area contributed by atoms with Crippen LogP contribution in [-0.4, -0.2) is 15.9 Å². The summed E-state index contributed by atoms with van der Waals surface area (Å²) in [5.74, 6) is 0.685. The van der Waals surface area contributed by atoms with Gasteiger partial charge in [-0.2, -0.15) is 0 Å². The molecule has 0 atom stereocenters. The molecule has 7 nitrogen and oxygen atoms in total. The maximum atomic E-state index is 12.0. The van der Waals surface area contributed by atoms with E-state index in [0.29, 0.717) is 11.5 Å². The summed E-state index contributed by atoms with van der Waals surface area (Å²) in [5, 5.41) is 16.1. The molecular weight excluding hydrogens is 414 g/mol. The van der Waals surface area contributed by atoms with Gasteiger partial charge in [-0.3, -0.25) is 20.2 Å². The molecule has 9 heteroatoms. The fourth-order valence-electron chi connectivity index (χ4n) is 2.39. The second-order valence-electron chi connectivity index (χ2n) is 5.77. The molecule has 0 aliphatic rings. The Kier molecular flexibility index (Phi) is 6.38. The van der Waals surface area contributed by atoms with E-state index in [9.17, 15) is 14.9 Å². The maximum Gasteiger partial charge on any atom is 0.271 e. The second kappa shape index (κ2) is 9.13. The molecule has 0 saturated heterocycles. The fraction of sp³-hybridized carbons (Fsp3) is 0. The van der Waals surface area contributed by atoms with Gasteiger partial charge in [0.05, 0.1) is 15.6 Å². The summed E-state index contributed by atoms with van der Waals surface area (Å²) in [5.41, 5.74) is 0.988. The quantitative estimate of drug-likeness (QED) is 0.256. The number of amides is 1. The minimum atomic E-state index is -0.557. The number of nitro groups is 1. The largest absolute Gasteiger partial charge is 0.457 e. The van der Waals surface area contributed by atoms with Crippen molar-refractivity contribution in [3.05, 3.63) is 87.6 Å². The van der Waals surface area contributed by atoms with Gasteiger partial charge in [0.1, 0.15) is 11.5 Å². The Bertz CT molecular complexity index is 1100. The van der Waals surface area contributed by atoms with Gasteiger partial charge >= 0.3 is 0 Å². The van der Waals surface area contributed by atoms with Crippen LogP contribution >= 0.6 is 23.8 Å². The van der Waals surface area contributed by atoms with Gasteiger partial charge < -0.3 is 9.73 Å². The highest BCUT2D eigenvalue weighted by molar-refractivity contribution is 7.80. The first-order chi connectivity index (χ1) is 13.9. The van der Waals surface area contributed by atoms with Gasteiger partial charge in [-0.1, -0.05) is 41.9 Å². The molecule has 0 saturated carbocycles. The Morgan fingerprint density at radius 2 is 1.90 bits per heavy atom. The van der Waals surface area contributed by atoms with Gasteiger partial charge in [0.15, 0.2) is 5.11 Å². The molecule has 3 rings (SSSR count). The number of hydrogen-bond acceptors (Lipinski definition) is 5. The number of benzene rings is 2. The van der Waals surface area contributed by atoms with E-state index >= 15 is 0 Å². The second-order valence-corrected chi connectivity index (χ2v) is 6.58. The molecule has 2 aromatic carbocycles. The van der Waals surface area contributed by atoms with E-state index in [-0.39, 0.29) is 21.5 Å². The molecule has 29 heavy (non-hydrogen) atoms. The fourth-order valence-corrected chi connectivity index (χ4v) is 2.76. The number of anilines is 1. The molecule has 0 bridgehead atoms. The SMILES string of the molecule is O=C(/C=C/c1ccc(-c2ccccc2)o1)NC(=S)Nc1cc([N+](=O)[O-])ccc1Cl. The zero-order valence-electron chi connectivity index (χ0n) is 14.8. The number of rotatable bonds is 5. The van der Waals surface area contributed by atoms with Gasteiger partial charge in [0, 0.05) is 23.8 Å². The van der Waals surface area contributed by atoms with Crippen molar-refractivity contribution >= 4 is 52.3 Å². The van der Waals surface area contributed by atoms with Crippen molar-refractivity contribution in [1.29, 1.82) is 0 Å². The number of thiocarbonyl (C=S) groups is 1. The molecule has 1 amide bonds. The van der Waals surface area contributed by atoms with E-state index in [0.717, 1.165) is 5.56 Å². The number of halogens is 1. The van der Waals surface area contributed by atoms with Crippen LogP contribution < -0.4 is 10.6 Å². The number of nitrogens with one attached hydrogen (secondary N) is 2. The molecule has 0 radical (unpaired) electrons. The minimum absolute atomic E-state index is 0.0496. The number of nitrogens with zero attached hydrogens (tertiary/aromatic N) is 1. The number of hydrogen-bond donors (Lipinski definition) is 2. The van der Waals surface area contributed by atoms with E-state index in [1.165, 1.54) is 30.4 Å². The summed E-state index contributed by atoms with van der Waals surface area (Å²) in [6.07, 6.45) is 2.77. The Morgan fingerprint density at radius 3 is 2.62 bits per heavy atom. The lowest BCUT2D eigenvalue weighted by Gasteiger charge is -2.09. The molecule has 0 aliphatic heterocycles. The van der Waals surface area contributed by atoms with E-state index in [1.807, 2.05) is 36.4 Å². The smallest absolute Gasteiger partial charge is 0.271 e. The average Bonchev–Trinajstić information content (AvgIpc) is 3.17. The van der Waals surface area contributed by atoms with Crippen LogP contribution in [0.2, 0.25) is 5.02 Å². The van der Waals surface area contributed by atoms with E-state index < -0.39 is 10.8 Å². The number of carbonyl (C=O) groups is 1. The van der Waals surface area contributed by atoms with E-state index in [1.54, 1.807) is 6.07 Å². The highest BCUT2D eigenvalue weighted by Crippen LogP contribution is 2.26. The van der Waals surface area contributed by atoms with Crippen molar-refractivity contribution in [2.75, 3.05) is 5.32 Å². The minimum Gasteiger partial charge on any atom is -0.457 e. The molecule has 0 unspecified atom stereocenters. The third-order valence-corrected chi connectivity index (χ3v) is 4.26. The van der Waals surface area contributed by atoms with Crippen molar-refractivity contribution in [3.8, 4) is 11.3 Å². The lowest BCUT2D eigenvalue weighted by Crippen LogP contribution is -2.32. The molecule has 146 valence electrons. The monoisotopic (exact) mass is 427 g/mol. The Balaban J connectivity index is 1.59. The third kappa shape index (κ3) is 5.50. The summed E-state index contributed by atoms with van der Waals surface area (Å²) in [6.45, 7) is 0. The van der Waals surface area contributed by atoms with Crippen molar-refractivity contribution in [3.63, 3.8) is 0 Å². The van der Waals surface area contributed by atoms with E-state index in [4.69, 9.17) is 28.2 Å². The summed E-state index contributed by atoms with van der Waals surface area (Å²) >= 11 is 11.0. The number of carbonyl (C=O) groups excluding carboxylic acids is 1. The van der Waals surface area contributed by atoms with Crippen LogP contribution in [0.4, 0.5) is 11.4 Å². The first-order valence-corrected chi connectivity index (χ1v) is 9.10. The Labute approximate surface area is 176 Å². The van der Waals surface area contributed by atoms with Crippen molar-refractivity contribution in [2.24, 2.45) is 0 Å². The van der Waals surface area contributed by atoms with Crippen LogP contribution in [0.1, 0.15) is 5.76 Å². The van der Waals surface area contributed by atoms with Crippen molar-refractivity contribution in [2.45, 2.75) is 0 Å². The molecular formula is C20H14ClN3O4S. The topological polar surface area (TPSA) is 97.4 Å². The summed E-state index contributed by atoms with van der Waals surface area (Å²) < 4.78 is 5.68. The first-order valence-electron chi connectivity index (χ1n) is 8.31. The molecule has 1 heterocycles. The molecule has 0 spiro atoms. The third-order valence-electron chi connectivity index (χ3n) is 3.73. The molecule has 1 aromatic heterocycles.